The molecular weight excluding hydrogens is 2490 g/mol. The molecule has 0 atom stereocenters. The predicted molar refractivity (Wildman–Crippen MR) is 662 cm³/mol. The van der Waals surface area contributed by atoms with E-state index < -0.39 is 15.8 Å². The van der Waals surface area contributed by atoms with Crippen molar-refractivity contribution in [3.63, 3.8) is 0 Å². The van der Waals surface area contributed by atoms with Crippen LogP contribution in [0.25, 0.3) is 0 Å². The first-order chi connectivity index (χ1) is 62.5. The molecule has 12 rings (SSSR count). The van der Waals surface area contributed by atoms with Crippen LogP contribution in [0.4, 0.5) is 11.4 Å². The molecule has 0 saturated heterocycles. The Kier molecular flexibility index (Phi) is 93.4. The molecule has 10 fully saturated rings. The smallest absolute Gasteiger partial charge is 0 e. The Morgan fingerprint density at radius 3 is 0.493 bits per heavy atom. The van der Waals surface area contributed by atoms with E-state index in [1.54, 1.807) is 216 Å². The van der Waals surface area contributed by atoms with Crippen LogP contribution in [0.15, 0.2) is 48.5 Å². The molecule has 0 aromatic heterocycles. The van der Waals surface area contributed by atoms with E-state index in [0.717, 1.165) is 45.3 Å². The van der Waals surface area contributed by atoms with Gasteiger partial charge in [-0.1, -0.05) is 33.1 Å². The van der Waals surface area contributed by atoms with Crippen LogP contribution in [0.3, 0.4) is 0 Å². The van der Waals surface area contributed by atoms with Crippen LogP contribution in [0.2, 0.25) is 0 Å². The van der Waals surface area contributed by atoms with Crippen molar-refractivity contribution < 1.29 is 119 Å². The molecule has 852 valence electrons. The van der Waals surface area contributed by atoms with E-state index in [-0.39, 0.29) is 153 Å². The third kappa shape index (κ3) is 61.9. The second kappa shape index (κ2) is 82.8. The summed E-state index contributed by atoms with van der Waals surface area (Å²) in [7, 11) is 34.7. The molecule has 0 unspecified atom stereocenters. The summed E-state index contributed by atoms with van der Waals surface area (Å²) in [5.41, 5.74) is 18.4. The van der Waals surface area contributed by atoms with E-state index in [9.17, 15) is 0 Å². The van der Waals surface area contributed by atoms with Crippen molar-refractivity contribution >= 4 is 143 Å². The fourth-order valence-corrected chi connectivity index (χ4v) is 68.3. The molecule has 0 spiro atoms. The first-order valence-electron chi connectivity index (χ1n) is 54.9. The number of nitrogens with zero attached hydrogens (tertiary/aromatic N) is 2. The summed E-state index contributed by atoms with van der Waals surface area (Å²) in [6.07, 6.45) is 68.8. The van der Waals surface area contributed by atoms with Crippen molar-refractivity contribution in [2.75, 3.05) is 38.0 Å². The number of hydrogen-bond donors (Lipinski definition) is 0. The summed E-state index contributed by atoms with van der Waals surface area (Å²) in [6.45, 7) is 77.6. The Labute approximate surface area is 983 Å². The molecular formula is C117H236Cl6Fe3N2P8Pd4+8. The molecule has 0 bridgehead atoms. The van der Waals surface area contributed by atoms with E-state index in [2.05, 4.69) is 364 Å². The zero-order chi connectivity index (χ0) is 102. The Morgan fingerprint density at radius 1 is 0.243 bits per heavy atom. The number of benzene rings is 2. The zero-order valence-corrected chi connectivity index (χ0v) is 119. The molecule has 0 amide bonds. The SMILES string of the molecule is C.C1CCC([PH+](C2CCCCC2)C2CCCC2)CC1.C1CCC([PH+](C2CCCCC2)C2CCCC2)CC1.CC(C)(C)[PH+](C1CCCC1)C(C)(C)C.CC(C)(C)[PH+](C1CCCC1)C(C)(C)C.CC(C)[PH+](C(C)C)C1CCCC1.CC(C)[PH+](C(C)C)C1CCCC1.CN(C)c1ccc([PH+](C(C)(C)C)C(C)(C)C)cc1.CN(C)c1ccc([PH+](C(C)(C)C)C(C)(C)C)cc1.[CH3-].[CH3-].[Cl][Pd+].[Cl][Pd+].[Cl][Pd][Cl].[Cl][Pd][Cl].[Fe].[Fe].[Fe]. The second-order valence-corrected chi connectivity index (χ2v) is 90.2. The van der Waals surface area contributed by atoms with Gasteiger partial charge >= 0.3 is 125 Å². The molecule has 2 nitrogen and oxygen atoms in total. The second-order valence-electron chi connectivity index (χ2n) is 52.4. The van der Waals surface area contributed by atoms with Crippen molar-refractivity contribution in [1.82, 2.24) is 0 Å². The van der Waals surface area contributed by atoms with Crippen LogP contribution in [0.1, 0.15) is 512 Å². The van der Waals surface area contributed by atoms with Gasteiger partial charge in [-0.05, 0) is 527 Å². The van der Waals surface area contributed by atoms with Crippen LogP contribution >= 0.6 is 121 Å². The molecule has 0 N–H and O–H groups in total. The van der Waals surface area contributed by atoms with E-state index in [0.29, 0.717) is 41.2 Å². The zero-order valence-electron chi connectivity index (χ0n) is 97.3. The normalized spacial score (nSPS) is 18.9. The molecule has 0 aliphatic heterocycles. The average molecular weight is 2720 g/mol. The van der Waals surface area contributed by atoms with Gasteiger partial charge in [0.15, 0.2) is 0 Å². The number of anilines is 2. The quantitative estimate of drug-likeness (QED) is 0.0834. The maximum Gasteiger partial charge on any atom is 0 e. The van der Waals surface area contributed by atoms with Crippen LogP contribution in [-0.2, 0) is 119 Å². The van der Waals surface area contributed by atoms with Crippen molar-refractivity contribution in [2.24, 2.45) is 0 Å². The summed E-state index contributed by atoms with van der Waals surface area (Å²) < 4.78 is 0. The van der Waals surface area contributed by atoms with Gasteiger partial charge in [-0.2, -0.15) is 0 Å². The maximum absolute atomic E-state index is 4.81. The topological polar surface area (TPSA) is 6.48 Å². The van der Waals surface area contributed by atoms with Crippen LogP contribution in [-0.4, -0.2) is 149 Å². The third-order valence-electron chi connectivity index (χ3n) is 31.4. The molecule has 0 radical (unpaired) electrons. The summed E-state index contributed by atoms with van der Waals surface area (Å²) in [5, 5.41) is 6.87. The summed E-state index contributed by atoms with van der Waals surface area (Å²) in [5.74, 6) is 0. The first kappa shape index (κ1) is 158. The van der Waals surface area contributed by atoms with Crippen molar-refractivity contribution in [3.05, 3.63) is 63.4 Å². The summed E-state index contributed by atoms with van der Waals surface area (Å²) in [4.78, 5) is 4.31. The van der Waals surface area contributed by atoms with Crippen LogP contribution < -0.4 is 20.4 Å². The van der Waals surface area contributed by atoms with Gasteiger partial charge in [0.2, 0.25) is 0 Å². The molecule has 2 aromatic rings. The largest absolute Gasteiger partial charge is 0 e. The van der Waals surface area contributed by atoms with Gasteiger partial charge in [-0.15, -0.1) is 0 Å². The molecule has 140 heavy (non-hydrogen) atoms. The maximum atomic E-state index is 4.81. The average Bonchev–Trinajstić information content (AvgIpc) is 1.02. The van der Waals surface area contributed by atoms with Gasteiger partial charge < -0.3 is 24.7 Å². The fourth-order valence-electron chi connectivity index (χ4n) is 29.0. The summed E-state index contributed by atoms with van der Waals surface area (Å²) in [6, 6.07) is 18.3. The van der Waals surface area contributed by atoms with Crippen molar-refractivity contribution in [1.29, 1.82) is 0 Å². The van der Waals surface area contributed by atoms with Crippen molar-refractivity contribution in [3.8, 4) is 0 Å². The van der Waals surface area contributed by atoms with Crippen LogP contribution in [0.5, 0.6) is 0 Å². The summed E-state index contributed by atoms with van der Waals surface area (Å²) >= 11 is 4.23. The predicted octanol–water partition coefficient (Wildman–Crippen LogP) is 43.1. The Hall–Kier alpha value is 7.43. The monoisotopic (exact) mass is 2720 g/mol. The number of hydrogen-bond acceptors (Lipinski definition) is 2. The molecule has 0 heterocycles. The van der Waals surface area contributed by atoms with Gasteiger partial charge in [0.1, 0.15) is 0 Å². The minimum atomic E-state index is -0.614. The van der Waals surface area contributed by atoms with Gasteiger partial charge in [0, 0.05) is 154 Å². The Morgan fingerprint density at radius 2 is 0.371 bits per heavy atom. The van der Waals surface area contributed by atoms with Gasteiger partial charge in [-0.3, -0.25) is 0 Å². The standard InChI is InChI=1S/2C17H31P.2C16H28NP.2C13H27P.2C11H23P.CH4.2CH3.6ClH.3Fe.4Pd/c2*1-3-9-15(10-4-1)18(17-13-7-8-14-17)16-11-5-2-6-12-16;2*1-15(2,3)18(16(4,5)6)14-11-9-13(10-12-14)17(7)8;2*1-12(2,3)14(13(4,5)6)11-9-7-8-10-11;2*1-9(2)12(10(3)4)11-7-5-6-8-11;;;;;;;;;;;;;;;;/h2*15-17H,1-14H2;2*9-12H,1-8H3;2*11H,7-10H2,1-6H3;2*9-11H,5-8H2,1-4H3;1H4;2*1H3;6*1H;;;;;;;/q;;;;;;;;;2*-1;;;;;;;;;;4*+2/p+2. The third-order valence-corrected chi connectivity index (χ3v) is 66.0. The minimum Gasteiger partial charge on any atom is 0 e. The van der Waals surface area contributed by atoms with Crippen LogP contribution in [0, 0.1) is 14.9 Å². The van der Waals surface area contributed by atoms with Crippen molar-refractivity contribution in [2.45, 2.75) is 632 Å². The molecule has 10 saturated carbocycles. The Bertz CT molecular complexity index is 2840. The van der Waals surface area contributed by atoms with E-state index >= 15 is 0 Å². The fraction of sp³-hybridized carbons (Fsp3) is 0.880. The first-order valence-corrected chi connectivity index (χ1v) is 80.0. The van der Waals surface area contributed by atoms with E-state index in [1.165, 1.54) is 122 Å². The Balaban J connectivity index is -0.000000361. The molecule has 10 aliphatic carbocycles. The van der Waals surface area contributed by atoms with Gasteiger partial charge in [0.05, 0.1) is 131 Å². The number of rotatable bonds is 18. The molecule has 2 aromatic carbocycles. The van der Waals surface area contributed by atoms with E-state index in [4.69, 9.17) is 38.1 Å². The van der Waals surface area contributed by atoms with Gasteiger partial charge in [-0.25, -0.2) is 0 Å². The molecule has 10 aliphatic rings. The molecule has 23 heteroatoms. The minimum absolute atomic E-state index is 0. The van der Waals surface area contributed by atoms with E-state index in [1.807, 2.05) is 0 Å². The van der Waals surface area contributed by atoms with Gasteiger partial charge in [0.25, 0.3) is 0 Å². The number of halogens is 6.